The monoisotopic (exact) mass is 221 g/mol. The molecule has 0 saturated heterocycles. The summed E-state index contributed by atoms with van der Waals surface area (Å²) in [7, 11) is -0.390. The summed E-state index contributed by atoms with van der Waals surface area (Å²) < 4.78 is 25.8. The van der Waals surface area contributed by atoms with Gasteiger partial charge in [0, 0.05) is 32.1 Å². The van der Waals surface area contributed by atoms with Crippen molar-refractivity contribution in [1.29, 1.82) is 0 Å². The molecule has 0 aromatic rings. The predicted molar refractivity (Wildman–Crippen MR) is 53.9 cm³/mol. The molecule has 0 heterocycles. The minimum atomic E-state index is -3.31. The standard InChI is InChI=1S/C6H15N5O2S/c1-11(2)14(12,13)9-6-4-3-5-8-10-7/h9H,3-6H2,1-2H3. The van der Waals surface area contributed by atoms with E-state index in [2.05, 4.69) is 14.7 Å². The van der Waals surface area contributed by atoms with E-state index in [0.29, 0.717) is 25.9 Å². The van der Waals surface area contributed by atoms with E-state index in [0.717, 1.165) is 4.31 Å². The highest BCUT2D eigenvalue weighted by Gasteiger charge is 2.10. The second kappa shape index (κ2) is 6.61. The zero-order chi connectivity index (χ0) is 11.0. The summed E-state index contributed by atoms with van der Waals surface area (Å²) in [6.07, 6.45) is 1.34. The summed E-state index contributed by atoms with van der Waals surface area (Å²) in [5, 5.41) is 3.33. The lowest BCUT2D eigenvalue weighted by molar-refractivity contribution is 0.503. The van der Waals surface area contributed by atoms with E-state index >= 15 is 0 Å². The lowest BCUT2D eigenvalue weighted by Gasteiger charge is -2.11. The van der Waals surface area contributed by atoms with Gasteiger partial charge in [-0.15, -0.1) is 0 Å². The van der Waals surface area contributed by atoms with Gasteiger partial charge in [0.25, 0.3) is 10.2 Å². The molecule has 0 atom stereocenters. The van der Waals surface area contributed by atoms with Crippen molar-refractivity contribution in [2.24, 2.45) is 5.11 Å². The number of hydrogen-bond donors (Lipinski definition) is 1. The molecule has 0 aliphatic carbocycles. The number of nitrogens with one attached hydrogen (secondary N) is 1. The molecule has 0 aliphatic rings. The third kappa shape index (κ3) is 5.76. The fourth-order valence-electron chi connectivity index (χ4n) is 0.682. The van der Waals surface area contributed by atoms with Crippen LogP contribution in [0.2, 0.25) is 0 Å². The zero-order valence-corrected chi connectivity index (χ0v) is 9.16. The van der Waals surface area contributed by atoms with Gasteiger partial charge in [-0.2, -0.15) is 12.7 Å². The average molecular weight is 221 g/mol. The molecule has 0 bridgehead atoms. The van der Waals surface area contributed by atoms with Gasteiger partial charge in [0.05, 0.1) is 0 Å². The fourth-order valence-corrected chi connectivity index (χ4v) is 1.34. The van der Waals surface area contributed by atoms with Crippen molar-refractivity contribution in [3.05, 3.63) is 10.4 Å². The Morgan fingerprint density at radius 2 is 2.07 bits per heavy atom. The Kier molecular flexibility index (Phi) is 6.22. The highest BCUT2D eigenvalue weighted by atomic mass is 32.2. The van der Waals surface area contributed by atoms with Gasteiger partial charge >= 0.3 is 0 Å². The lowest BCUT2D eigenvalue weighted by Crippen LogP contribution is -2.36. The Balaban J connectivity index is 3.60. The maximum Gasteiger partial charge on any atom is 0.278 e. The second-order valence-corrected chi connectivity index (χ2v) is 4.81. The fraction of sp³-hybridized carbons (Fsp3) is 1.00. The average Bonchev–Trinajstić information content (AvgIpc) is 2.10. The van der Waals surface area contributed by atoms with Crippen LogP contribution in [0.3, 0.4) is 0 Å². The van der Waals surface area contributed by atoms with Crippen LogP contribution >= 0.6 is 0 Å². The van der Waals surface area contributed by atoms with Gasteiger partial charge < -0.3 is 0 Å². The number of nitrogens with zero attached hydrogens (tertiary/aromatic N) is 4. The molecule has 0 aromatic heterocycles. The van der Waals surface area contributed by atoms with Crippen LogP contribution in [0.5, 0.6) is 0 Å². The summed E-state index contributed by atoms with van der Waals surface area (Å²) in [4.78, 5) is 2.59. The molecule has 0 aromatic carbocycles. The normalized spacial score (nSPS) is 11.4. The zero-order valence-electron chi connectivity index (χ0n) is 8.34. The van der Waals surface area contributed by atoms with Crippen molar-refractivity contribution in [3.8, 4) is 0 Å². The van der Waals surface area contributed by atoms with Crippen LogP contribution < -0.4 is 4.72 Å². The van der Waals surface area contributed by atoms with Crippen LogP contribution in [0.1, 0.15) is 12.8 Å². The van der Waals surface area contributed by atoms with Crippen LogP contribution in [-0.2, 0) is 10.2 Å². The Morgan fingerprint density at radius 1 is 1.43 bits per heavy atom. The number of rotatable bonds is 7. The smallest absolute Gasteiger partial charge is 0.202 e. The molecular formula is C6H15N5O2S. The SMILES string of the molecule is CN(C)S(=O)(=O)NCCCCN=[N+]=[N-]. The van der Waals surface area contributed by atoms with E-state index in [9.17, 15) is 8.42 Å². The van der Waals surface area contributed by atoms with Crippen molar-refractivity contribution in [2.45, 2.75) is 12.8 Å². The first-order valence-corrected chi connectivity index (χ1v) is 5.62. The molecule has 0 rings (SSSR count). The first-order chi connectivity index (χ1) is 6.50. The van der Waals surface area contributed by atoms with E-state index in [-0.39, 0.29) is 0 Å². The molecule has 0 saturated carbocycles. The topological polar surface area (TPSA) is 98.2 Å². The number of hydrogen-bond acceptors (Lipinski definition) is 3. The Morgan fingerprint density at radius 3 is 2.57 bits per heavy atom. The van der Waals surface area contributed by atoms with Crippen LogP contribution in [0.25, 0.3) is 10.4 Å². The molecule has 0 radical (unpaired) electrons. The van der Waals surface area contributed by atoms with E-state index in [1.807, 2.05) is 0 Å². The maximum absolute atomic E-state index is 11.2. The number of azide groups is 1. The third-order valence-corrected chi connectivity index (χ3v) is 3.04. The van der Waals surface area contributed by atoms with Gasteiger partial charge in [0.15, 0.2) is 0 Å². The van der Waals surface area contributed by atoms with Crippen molar-refractivity contribution in [3.63, 3.8) is 0 Å². The predicted octanol–water partition coefficient (Wildman–Crippen LogP) is 0.473. The van der Waals surface area contributed by atoms with E-state index in [4.69, 9.17) is 5.53 Å². The van der Waals surface area contributed by atoms with Gasteiger partial charge in [-0.05, 0) is 18.4 Å². The Labute approximate surface area is 83.9 Å². The summed E-state index contributed by atoms with van der Waals surface area (Å²) in [5.41, 5.74) is 7.96. The molecular weight excluding hydrogens is 206 g/mol. The lowest BCUT2D eigenvalue weighted by atomic mass is 10.3. The molecule has 7 nitrogen and oxygen atoms in total. The minimum absolute atomic E-state index is 0.363. The van der Waals surface area contributed by atoms with Gasteiger partial charge in [0.1, 0.15) is 0 Å². The maximum atomic E-state index is 11.2. The van der Waals surface area contributed by atoms with Crippen LogP contribution in [-0.4, -0.2) is 39.9 Å². The molecule has 0 aliphatic heterocycles. The summed E-state index contributed by atoms with van der Waals surface area (Å²) in [6.45, 7) is 0.766. The quantitative estimate of drug-likeness (QED) is 0.292. The third-order valence-electron chi connectivity index (χ3n) is 1.51. The van der Waals surface area contributed by atoms with Gasteiger partial charge in [-0.3, -0.25) is 0 Å². The summed E-state index contributed by atoms with van der Waals surface area (Å²) in [6, 6.07) is 0. The first kappa shape index (κ1) is 13.2. The van der Waals surface area contributed by atoms with Gasteiger partial charge in [0.2, 0.25) is 0 Å². The van der Waals surface area contributed by atoms with Crippen molar-refractivity contribution in [2.75, 3.05) is 27.2 Å². The summed E-state index contributed by atoms with van der Waals surface area (Å²) >= 11 is 0. The van der Waals surface area contributed by atoms with Crippen molar-refractivity contribution >= 4 is 10.2 Å². The van der Waals surface area contributed by atoms with Gasteiger partial charge in [-0.25, -0.2) is 4.72 Å². The van der Waals surface area contributed by atoms with E-state index in [1.165, 1.54) is 14.1 Å². The molecule has 0 unspecified atom stereocenters. The molecule has 82 valence electrons. The largest absolute Gasteiger partial charge is 0.278 e. The highest BCUT2D eigenvalue weighted by molar-refractivity contribution is 7.87. The number of unbranched alkanes of at least 4 members (excludes halogenated alkanes) is 1. The van der Waals surface area contributed by atoms with E-state index in [1.54, 1.807) is 0 Å². The van der Waals surface area contributed by atoms with Crippen LogP contribution in [0.4, 0.5) is 0 Å². The first-order valence-electron chi connectivity index (χ1n) is 4.18. The Bertz CT molecular complexity index is 293. The molecule has 0 fully saturated rings. The molecule has 0 spiro atoms. The molecule has 0 amide bonds. The van der Waals surface area contributed by atoms with E-state index < -0.39 is 10.2 Å². The minimum Gasteiger partial charge on any atom is -0.202 e. The molecule has 8 heteroatoms. The Hall–Kier alpha value is -0.820. The van der Waals surface area contributed by atoms with Gasteiger partial charge in [-0.1, -0.05) is 5.11 Å². The van der Waals surface area contributed by atoms with Crippen molar-refractivity contribution < 1.29 is 8.42 Å². The second-order valence-electron chi connectivity index (χ2n) is 2.84. The summed E-state index contributed by atoms with van der Waals surface area (Å²) in [5.74, 6) is 0. The molecule has 14 heavy (non-hydrogen) atoms. The van der Waals surface area contributed by atoms with Crippen LogP contribution in [0.15, 0.2) is 5.11 Å². The highest BCUT2D eigenvalue weighted by Crippen LogP contribution is 1.92. The van der Waals surface area contributed by atoms with Crippen LogP contribution in [0, 0.1) is 0 Å². The molecule has 1 N–H and O–H groups in total. The van der Waals surface area contributed by atoms with Crippen molar-refractivity contribution in [1.82, 2.24) is 9.03 Å².